The molecule has 0 unspecified atom stereocenters. The first-order valence-corrected chi connectivity index (χ1v) is 6.44. The maximum Gasteiger partial charge on any atom is 0.326 e. The molecule has 0 radical (unpaired) electrons. The number of hydrogen-bond acceptors (Lipinski definition) is 5. The van der Waals surface area contributed by atoms with Crippen LogP contribution in [0.3, 0.4) is 0 Å². The van der Waals surface area contributed by atoms with Gasteiger partial charge in [0.15, 0.2) is 0 Å². The minimum absolute atomic E-state index is 0.0350. The van der Waals surface area contributed by atoms with Gasteiger partial charge in [0.25, 0.3) is 0 Å². The van der Waals surface area contributed by atoms with E-state index in [1.807, 2.05) is 0 Å². The van der Waals surface area contributed by atoms with E-state index in [1.165, 1.54) is 0 Å². The maximum atomic E-state index is 12.0. The summed E-state index contributed by atoms with van der Waals surface area (Å²) in [4.78, 5) is 45.5. The number of unbranched alkanes of at least 4 members (excludes halogenated alkanes) is 1. The second kappa shape index (κ2) is 6.53. The lowest BCUT2D eigenvalue weighted by atomic mass is 9.98. The summed E-state index contributed by atoms with van der Waals surface area (Å²) in [6.07, 6.45) is 0.120. The van der Waals surface area contributed by atoms with E-state index in [4.69, 9.17) is 21.1 Å². The van der Waals surface area contributed by atoms with Crippen LogP contribution in [0.2, 0.25) is 0 Å². The molecule has 0 saturated carbocycles. The first-order valence-electron chi connectivity index (χ1n) is 6.44. The fourth-order valence-electron chi connectivity index (χ4n) is 2.27. The molecule has 1 saturated heterocycles. The lowest BCUT2D eigenvalue weighted by Gasteiger charge is -2.22. The van der Waals surface area contributed by atoms with Crippen LogP contribution in [0, 0.1) is 0 Å². The Morgan fingerprint density at radius 2 is 1.67 bits per heavy atom. The van der Waals surface area contributed by atoms with E-state index >= 15 is 0 Å². The Balaban J connectivity index is 2.66. The van der Waals surface area contributed by atoms with E-state index in [0.29, 0.717) is 12.8 Å². The second-order valence-corrected chi connectivity index (χ2v) is 5.14. The highest BCUT2D eigenvalue weighted by Crippen LogP contribution is 2.27. The van der Waals surface area contributed by atoms with Crippen LogP contribution in [-0.4, -0.2) is 62.2 Å². The van der Waals surface area contributed by atoms with Gasteiger partial charge in [-0.3, -0.25) is 14.4 Å². The van der Waals surface area contributed by atoms with Crippen molar-refractivity contribution in [2.45, 2.75) is 43.7 Å². The van der Waals surface area contributed by atoms with Crippen LogP contribution in [0.4, 0.5) is 0 Å². The van der Waals surface area contributed by atoms with Gasteiger partial charge < -0.3 is 26.0 Å². The molecule has 9 nitrogen and oxygen atoms in total. The predicted molar refractivity (Wildman–Crippen MR) is 68.4 cm³/mol. The summed E-state index contributed by atoms with van der Waals surface area (Å²) in [6, 6.07) is -1.27. The number of amides is 1. The third kappa shape index (κ3) is 4.15. The third-order valence-electron chi connectivity index (χ3n) is 3.45. The van der Waals surface area contributed by atoms with Gasteiger partial charge >= 0.3 is 17.9 Å². The van der Waals surface area contributed by atoms with Crippen molar-refractivity contribution in [2.75, 3.05) is 6.54 Å². The average Bonchev–Trinajstić information content (AvgIpc) is 2.74. The molecule has 0 aromatic rings. The Morgan fingerprint density at radius 1 is 1.10 bits per heavy atom. The molecule has 9 heteroatoms. The molecule has 1 fully saturated rings. The zero-order valence-corrected chi connectivity index (χ0v) is 11.3. The van der Waals surface area contributed by atoms with Gasteiger partial charge in [0, 0.05) is 19.3 Å². The van der Waals surface area contributed by atoms with Crippen LogP contribution in [0.5, 0.6) is 0 Å². The molecule has 0 aromatic carbocycles. The molecule has 5 N–H and O–H groups in total. The molecule has 2 atom stereocenters. The Labute approximate surface area is 120 Å². The number of carbonyl (C=O) groups is 4. The number of carboxylic acid groups (broad SMARTS) is 3. The van der Waals surface area contributed by atoms with E-state index < -0.39 is 35.4 Å². The average molecular weight is 302 g/mol. The fraction of sp³-hybridized carbons (Fsp3) is 0.667. The van der Waals surface area contributed by atoms with Crippen molar-refractivity contribution in [3.63, 3.8) is 0 Å². The second-order valence-electron chi connectivity index (χ2n) is 5.14. The van der Waals surface area contributed by atoms with Crippen LogP contribution in [0.15, 0.2) is 0 Å². The molecular weight excluding hydrogens is 284 g/mol. The van der Waals surface area contributed by atoms with Gasteiger partial charge in [-0.25, -0.2) is 4.79 Å². The van der Waals surface area contributed by atoms with Crippen molar-refractivity contribution in [3.05, 3.63) is 0 Å². The van der Waals surface area contributed by atoms with Crippen LogP contribution in [0.1, 0.15) is 32.1 Å². The quantitative estimate of drug-likeness (QED) is 0.440. The van der Waals surface area contributed by atoms with Gasteiger partial charge in [-0.2, -0.15) is 0 Å². The Hall–Kier alpha value is -2.16. The monoisotopic (exact) mass is 302 g/mol. The summed E-state index contributed by atoms with van der Waals surface area (Å²) in [5.74, 6) is -4.15. The summed E-state index contributed by atoms with van der Waals surface area (Å²) in [5.41, 5.74) is 3.85. The van der Waals surface area contributed by atoms with Crippen LogP contribution in [-0.2, 0) is 19.2 Å². The molecule has 0 bridgehead atoms. The lowest BCUT2D eigenvalue weighted by Crippen LogP contribution is -2.50. The summed E-state index contributed by atoms with van der Waals surface area (Å²) >= 11 is 0. The molecule has 0 aliphatic carbocycles. The number of nitrogens with zero attached hydrogens (tertiary/aromatic N) is 1. The molecule has 1 heterocycles. The highest BCUT2D eigenvalue weighted by Gasteiger charge is 2.51. The SMILES string of the molecule is N[C@]1(C(=O)O)C[C@H](C(=O)O)N(C(=O)CCCCC(=O)O)C1. The summed E-state index contributed by atoms with van der Waals surface area (Å²) in [6.45, 7) is -0.364. The predicted octanol–water partition coefficient (Wildman–Crippen LogP) is -0.901. The van der Waals surface area contributed by atoms with Crippen molar-refractivity contribution in [3.8, 4) is 0 Å². The molecule has 1 amide bonds. The molecule has 1 aliphatic heterocycles. The van der Waals surface area contributed by atoms with E-state index in [2.05, 4.69) is 0 Å². The van der Waals surface area contributed by atoms with Crippen molar-refractivity contribution >= 4 is 23.8 Å². The number of aliphatic carboxylic acids is 3. The molecule has 1 rings (SSSR count). The fourth-order valence-corrected chi connectivity index (χ4v) is 2.27. The number of likely N-dealkylation sites (tertiary alicyclic amines) is 1. The number of rotatable bonds is 7. The standard InChI is InChI=1S/C12H18N2O7/c13-12(11(20)21)5-7(10(18)19)14(6-12)8(15)3-1-2-4-9(16)17/h7H,1-6,13H2,(H,16,17)(H,18,19)(H,20,21)/t7-,12-/m1/s1. The van der Waals surface area contributed by atoms with Gasteiger partial charge in [0.1, 0.15) is 11.6 Å². The first-order chi connectivity index (χ1) is 9.67. The van der Waals surface area contributed by atoms with Crippen LogP contribution >= 0.6 is 0 Å². The number of nitrogens with two attached hydrogens (primary N) is 1. The maximum absolute atomic E-state index is 12.0. The minimum Gasteiger partial charge on any atom is -0.481 e. The van der Waals surface area contributed by atoms with E-state index in [-0.39, 0.29) is 25.8 Å². The lowest BCUT2D eigenvalue weighted by molar-refractivity contribution is -0.148. The summed E-state index contributed by atoms with van der Waals surface area (Å²) in [7, 11) is 0. The summed E-state index contributed by atoms with van der Waals surface area (Å²) < 4.78 is 0. The number of carboxylic acids is 3. The van der Waals surface area contributed by atoms with Crippen molar-refractivity contribution < 1.29 is 34.5 Å². The normalized spacial score (nSPS) is 24.8. The first kappa shape index (κ1) is 16.9. The molecule has 1 aliphatic rings. The largest absolute Gasteiger partial charge is 0.481 e. The van der Waals surface area contributed by atoms with E-state index in [1.54, 1.807) is 0 Å². The van der Waals surface area contributed by atoms with Crippen LogP contribution < -0.4 is 5.73 Å². The highest BCUT2D eigenvalue weighted by atomic mass is 16.4. The smallest absolute Gasteiger partial charge is 0.326 e. The van der Waals surface area contributed by atoms with Crippen molar-refractivity contribution in [2.24, 2.45) is 5.73 Å². The highest BCUT2D eigenvalue weighted by molar-refractivity contribution is 5.89. The molecule has 0 aromatic heterocycles. The van der Waals surface area contributed by atoms with Gasteiger partial charge in [-0.1, -0.05) is 0 Å². The van der Waals surface area contributed by atoms with Gasteiger partial charge in [0.2, 0.25) is 5.91 Å². The Morgan fingerprint density at radius 3 is 2.14 bits per heavy atom. The topological polar surface area (TPSA) is 158 Å². The molecule has 21 heavy (non-hydrogen) atoms. The van der Waals surface area contributed by atoms with Crippen LogP contribution in [0.25, 0.3) is 0 Å². The van der Waals surface area contributed by atoms with Crippen molar-refractivity contribution in [1.82, 2.24) is 4.90 Å². The Kier molecular flexibility index (Phi) is 5.25. The number of carbonyl (C=O) groups excluding carboxylic acids is 1. The van der Waals surface area contributed by atoms with E-state index in [9.17, 15) is 19.2 Å². The van der Waals surface area contributed by atoms with E-state index in [0.717, 1.165) is 4.90 Å². The van der Waals surface area contributed by atoms with Gasteiger partial charge in [-0.15, -0.1) is 0 Å². The van der Waals surface area contributed by atoms with Gasteiger partial charge in [-0.05, 0) is 12.8 Å². The van der Waals surface area contributed by atoms with Crippen molar-refractivity contribution in [1.29, 1.82) is 0 Å². The molecular formula is C12H18N2O7. The molecule has 0 spiro atoms. The zero-order valence-electron chi connectivity index (χ0n) is 11.3. The van der Waals surface area contributed by atoms with Gasteiger partial charge in [0.05, 0.1) is 6.54 Å². The third-order valence-corrected chi connectivity index (χ3v) is 3.45. The zero-order chi connectivity index (χ0) is 16.2. The molecule has 118 valence electrons. The number of hydrogen-bond donors (Lipinski definition) is 4. The Bertz CT molecular complexity index is 465. The minimum atomic E-state index is -1.76. The summed E-state index contributed by atoms with van der Waals surface area (Å²) in [5, 5.41) is 26.6.